The minimum absolute atomic E-state index is 0.0119. The number of aryl methyl sites for hydroxylation is 2. The Bertz CT molecular complexity index is 2090. The van der Waals surface area contributed by atoms with Gasteiger partial charge < -0.3 is 34.1 Å². The molecule has 1 aliphatic heterocycles. The fraction of sp³-hybridized carbons (Fsp3) is 0.447. The number of nitrogens with zero attached hydrogens (tertiary/aromatic N) is 3. The molecule has 1 saturated heterocycles. The smallest absolute Gasteiger partial charge is 0.310 e. The molecule has 2 aromatic heterocycles. The van der Waals surface area contributed by atoms with Crippen molar-refractivity contribution in [1.82, 2.24) is 9.38 Å². The van der Waals surface area contributed by atoms with Crippen LogP contribution < -0.4 is 4.90 Å². The van der Waals surface area contributed by atoms with E-state index in [2.05, 4.69) is 54.5 Å². The SMILES string of the molecule is CC(C)(C)O.COC(=O)Cc1c(C)c(C)c2nc(-c3cccc(-c4cc(C)ccc4O)c3)cn2c1N1CCC(C)(OCCOCC(C)OCc2ccccc2)CC1. The molecule has 2 N–H and O–H groups in total. The monoisotopic (exact) mass is 779 g/mol. The molecule has 0 saturated carbocycles. The van der Waals surface area contributed by atoms with E-state index in [-0.39, 0.29) is 29.8 Å². The highest BCUT2D eigenvalue weighted by atomic mass is 16.6. The largest absolute Gasteiger partial charge is 0.507 e. The van der Waals surface area contributed by atoms with Crippen LogP contribution in [0.2, 0.25) is 0 Å². The van der Waals surface area contributed by atoms with Gasteiger partial charge in [-0.05, 0) is 109 Å². The summed E-state index contributed by atoms with van der Waals surface area (Å²) in [5.41, 5.74) is 8.74. The number of rotatable bonds is 14. The first-order valence-electron chi connectivity index (χ1n) is 19.9. The Labute approximate surface area is 338 Å². The van der Waals surface area contributed by atoms with E-state index in [1.165, 1.54) is 7.11 Å². The normalized spacial score (nSPS) is 14.6. The average molecular weight is 780 g/mol. The van der Waals surface area contributed by atoms with Crippen LogP contribution in [0.3, 0.4) is 0 Å². The van der Waals surface area contributed by atoms with E-state index < -0.39 is 5.60 Å². The van der Waals surface area contributed by atoms with Crippen LogP contribution in [-0.2, 0) is 36.8 Å². The lowest BCUT2D eigenvalue weighted by molar-refractivity contribution is -0.139. The third-order valence-electron chi connectivity index (χ3n) is 10.3. The van der Waals surface area contributed by atoms with Gasteiger partial charge in [-0.2, -0.15) is 0 Å². The Morgan fingerprint density at radius 2 is 1.61 bits per heavy atom. The van der Waals surface area contributed by atoms with Crippen LogP contribution in [0.4, 0.5) is 5.82 Å². The summed E-state index contributed by atoms with van der Waals surface area (Å²) in [5.74, 6) is 0.926. The van der Waals surface area contributed by atoms with Crippen molar-refractivity contribution in [3.05, 3.63) is 107 Å². The number of benzene rings is 3. The number of fused-ring (bicyclic) bond motifs is 1. The van der Waals surface area contributed by atoms with Gasteiger partial charge in [0.05, 0.1) is 63.0 Å². The molecule has 0 spiro atoms. The molecule has 1 unspecified atom stereocenters. The van der Waals surface area contributed by atoms with Gasteiger partial charge in [-0.15, -0.1) is 0 Å². The van der Waals surface area contributed by atoms with Crippen molar-refractivity contribution >= 4 is 17.4 Å². The number of aromatic nitrogens is 2. The maximum atomic E-state index is 12.8. The maximum Gasteiger partial charge on any atom is 0.310 e. The Balaban J connectivity index is 0.00000117. The number of ether oxygens (including phenoxy) is 4. The van der Waals surface area contributed by atoms with Gasteiger partial charge in [0.15, 0.2) is 0 Å². The highest BCUT2D eigenvalue weighted by Gasteiger charge is 2.34. The molecule has 1 atom stereocenters. The van der Waals surface area contributed by atoms with Gasteiger partial charge in [-0.1, -0.05) is 60.2 Å². The van der Waals surface area contributed by atoms with Crippen LogP contribution in [0.25, 0.3) is 28.0 Å². The Morgan fingerprint density at radius 3 is 2.30 bits per heavy atom. The average Bonchev–Trinajstić information content (AvgIpc) is 3.63. The number of imidazole rings is 1. The lowest BCUT2D eigenvalue weighted by Gasteiger charge is -2.41. The molecular formula is C47H61N3O7. The fourth-order valence-electron chi connectivity index (χ4n) is 6.94. The zero-order valence-corrected chi connectivity index (χ0v) is 35.2. The Kier molecular flexibility index (Phi) is 14.6. The highest BCUT2D eigenvalue weighted by molar-refractivity contribution is 5.80. The number of carbonyl (C=O) groups excluding carboxylic acids is 1. The number of esters is 1. The molecule has 6 rings (SSSR count). The number of aliphatic hydroxyl groups is 1. The molecule has 1 aliphatic rings. The van der Waals surface area contributed by atoms with Crippen LogP contribution in [0.1, 0.15) is 75.3 Å². The van der Waals surface area contributed by atoms with Crippen molar-refractivity contribution in [1.29, 1.82) is 0 Å². The fourth-order valence-corrected chi connectivity index (χ4v) is 6.94. The van der Waals surface area contributed by atoms with Crippen molar-refractivity contribution < 1.29 is 34.0 Å². The van der Waals surface area contributed by atoms with Crippen LogP contribution >= 0.6 is 0 Å². The Hall–Kier alpha value is -4.74. The van der Waals surface area contributed by atoms with E-state index in [1.807, 2.05) is 62.4 Å². The molecule has 0 amide bonds. The van der Waals surface area contributed by atoms with Crippen molar-refractivity contribution in [2.45, 2.75) is 98.6 Å². The van der Waals surface area contributed by atoms with Crippen LogP contribution in [0.15, 0.2) is 79.0 Å². The molecule has 3 aromatic carbocycles. The van der Waals surface area contributed by atoms with E-state index in [9.17, 15) is 9.90 Å². The highest BCUT2D eigenvalue weighted by Crippen LogP contribution is 2.37. The zero-order chi connectivity index (χ0) is 41.3. The summed E-state index contributed by atoms with van der Waals surface area (Å²) in [6.45, 7) is 19.2. The van der Waals surface area contributed by atoms with E-state index in [4.69, 9.17) is 29.0 Å². The third-order valence-corrected chi connectivity index (χ3v) is 10.3. The second-order valence-corrected chi connectivity index (χ2v) is 16.4. The first kappa shape index (κ1) is 43.4. The predicted octanol–water partition coefficient (Wildman–Crippen LogP) is 8.79. The number of methoxy groups -OCH3 is 1. The Morgan fingerprint density at radius 1 is 0.930 bits per heavy atom. The molecule has 0 bridgehead atoms. The molecule has 5 aromatic rings. The molecule has 57 heavy (non-hydrogen) atoms. The third kappa shape index (κ3) is 11.9. The molecule has 1 fully saturated rings. The number of phenols is 1. The number of phenolic OH excluding ortho intramolecular Hbond substituents is 1. The van der Waals surface area contributed by atoms with E-state index in [0.29, 0.717) is 26.4 Å². The minimum Gasteiger partial charge on any atom is -0.507 e. The van der Waals surface area contributed by atoms with Gasteiger partial charge >= 0.3 is 5.97 Å². The molecule has 10 heteroatoms. The first-order chi connectivity index (χ1) is 27.0. The summed E-state index contributed by atoms with van der Waals surface area (Å²) in [5, 5.41) is 19.2. The molecule has 3 heterocycles. The topological polar surface area (TPSA) is 115 Å². The summed E-state index contributed by atoms with van der Waals surface area (Å²) in [7, 11) is 1.43. The summed E-state index contributed by atoms with van der Waals surface area (Å²) < 4.78 is 25.6. The number of carbonyl (C=O) groups is 1. The van der Waals surface area contributed by atoms with Crippen LogP contribution in [-0.4, -0.2) is 82.9 Å². The predicted molar refractivity (Wildman–Crippen MR) is 227 cm³/mol. The lowest BCUT2D eigenvalue weighted by Crippen LogP contribution is -2.45. The van der Waals surface area contributed by atoms with E-state index in [1.54, 1.807) is 26.8 Å². The number of pyridine rings is 1. The number of aromatic hydroxyl groups is 1. The van der Waals surface area contributed by atoms with Gasteiger partial charge in [-0.25, -0.2) is 4.98 Å². The molecular weight excluding hydrogens is 719 g/mol. The quantitative estimate of drug-likeness (QED) is 0.0844. The summed E-state index contributed by atoms with van der Waals surface area (Å²) >= 11 is 0. The van der Waals surface area contributed by atoms with Crippen LogP contribution in [0, 0.1) is 20.8 Å². The summed E-state index contributed by atoms with van der Waals surface area (Å²) in [6, 6.07) is 23.9. The number of hydrogen-bond acceptors (Lipinski definition) is 9. The van der Waals surface area contributed by atoms with E-state index >= 15 is 0 Å². The van der Waals surface area contributed by atoms with Gasteiger partial charge in [0.2, 0.25) is 0 Å². The van der Waals surface area contributed by atoms with Gasteiger partial charge in [0.25, 0.3) is 0 Å². The second-order valence-electron chi connectivity index (χ2n) is 16.4. The van der Waals surface area contributed by atoms with Gasteiger partial charge in [0, 0.05) is 36.0 Å². The van der Waals surface area contributed by atoms with Gasteiger partial charge in [0.1, 0.15) is 17.2 Å². The van der Waals surface area contributed by atoms with E-state index in [0.717, 1.165) is 87.6 Å². The molecule has 306 valence electrons. The molecule has 10 nitrogen and oxygen atoms in total. The van der Waals surface area contributed by atoms with Crippen molar-refractivity contribution in [3.63, 3.8) is 0 Å². The maximum absolute atomic E-state index is 12.8. The number of piperidine rings is 1. The van der Waals surface area contributed by atoms with Gasteiger partial charge in [-0.3, -0.25) is 9.20 Å². The summed E-state index contributed by atoms with van der Waals surface area (Å²) in [6.07, 6.45) is 3.86. The zero-order valence-electron chi connectivity index (χ0n) is 35.2. The molecule has 0 aliphatic carbocycles. The number of hydrogen-bond donors (Lipinski definition) is 2. The lowest BCUT2D eigenvalue weighted by atomic mass is 9.92. The second kappa shape index (κ2) is 19.1. The van der Waals surface area contributed by atoms with Crippen molar-refractivity contribution in [2.75, 3.05) is 44.9 Å². The number of anilines is 1. The standard InChI is InChI=1S/C43H51N3O6.C4H10O/c1-29-15-16-39(47)37(23-29)34-13-10-14-35(24-34)38-26-46-41(44-38)32(4)31(3)36(25-40(48)49-6)42(46)45-19-17-43(5,18-20-45)52-22-21-50-27-30(2)51-28-33-11-8-7-9-12-33;1-4(2,3)5/h7-16,23-24,26,30,47H,17-22,25,27-28H2,1-6H3;5H,1-3H3. The minimum atomic E-state index is -0.500. The molecule has 0 radical (unpaired) electrons. The van der Waals surface area contributed by atoms with Crippen LogP contribution in [0.5, 0.6) is 5.75 Å². The first-order valence-corrected chi connectivity index (χ1v) is 19.9. The van der Waals surface area contributed by atoms with Crippen molar-refractivity contribution in [3.8, 4) is 28.1 Å². The van der Waals surface area contributed by atoms with Crippen molar-refractivity contribution in [2.24, 2.45) is 0 Å². The summed E-state index contributed by atoms with van der Waals surface area (Å²) in [4.78, 5) is 20.3.